The van der Waals surface area contributed by atoms with E-state index in [0.717, 1.165) is 0 Å². The lowest BCUT2D eigenvalue weighted by atomic mass is 9.86. The molecule has 0 aromatic carbocycles. The Labute approximate surface area is 93.0 Å². The van der Waals surface area contributed by atoms with Crippen LogP contribution in [0.4, 0.5) is 5.82 Å². The molecule has 1 aromatic rings. The third-order valence-electron chi connectivity index (χ3n) is 2.68. The van der Waals surface area contributed by atoms with Crippen molar-refractivity contribution in [2.45, 2.75) is 38.8 Å². The number of amides is 1. The molecular formula is C9H16N4O3. The van der Waals surface area contributed by atoms with Crippen molar-refractivity contribution >= 4 is 11.7 Å². The number of aliphatic hydroxyl groups is 1. The summed E-state index contributed by atoms with van der Waals surface area (Å²) in [6.07, 6.45) is 0. The smallest absolute Gasteiger partial charge is 0.277 e. The van der Waals surface area contributed by atoms with E-state index in [1.165, 1.54) is 0 Å². The lowest BCUT2D eigenvalue weighted by Crippen LogP contribution is -2.57. The van der Waals surface area contributed by atoms with E-state index in [0.29, 0.717) is 0 Å². The molecule has 1 aromatic heterocycles. The molecular weight excluding hydrogens is 212 g/mol. The Bertz CT molecular complexity index is 392. The molecule has 1 rings (SSSR count). The predicted molar refractivity (Wildman–Crippen MR) is 56.6 cm³/mol. The second-order valence-electron chi connectivity index (χ2n) is 4.64. The van der Waals surface area contributed by atoms with Crippen molar-refractivity contribution in [1.82, 2.24) is 15.6 Å². The van der Waals surface area contributed by atoms with E-state index in [9.17, 15) is 9.90 Å². The molecule has 0 aliphatic carbocycles. The zero-order valence-corrected chi connectivity index (χ0v) is 9.74. The van der Waals surface area contributed by atoms with Crippen LogP contribution in [0.5, 0.6) is 0 Å². The summed E-state index contributed by atoms with van der Waals surface area (Å²) in [6, 6.07) is 0. The van der Waals surface area contributed by atoms with E-state index in [1.807, 2.05) is 0 Å². The van der Waals surface area contributed by atoms with Crippen LogP contribution in [0.2, 0.25) is 0 Å². The molecule has 0 aliphatic heterocycles. The van der Waals surface area contributed by atoms with Gasteiger partial charge in [0, 0.05) is 0 Å². The van der Waals surface area contributed by atoms with E-state index >= 15 is 0 Å². The van der Waals surface area contributed by atoms with Gasteiger partial charge in [-0.05, 0) is 38.0 Å². The fraction of sp³-hybridized carbons (Fsp3) is 0.667. The minimum atomic E-state index is -1.09. The quantitative estimate of drug-likeness (QED) is 0.667. The number of anilines is 1. The Morgan fingerprint density at radius 3 is 2.31 bits per heavy atom. The first-order valence-corrected chi connectivity index (χ1v) is 4.78. The molecule has 7 nitrogen and oxygen atoms in total. The van der Waals surface area contributed by atoms with Gasteiger partial charge >= 0.3 is 0 Å². The van der Waals surface area contributed by atoms with Crippen LogP contribution in [0, 0.1) is 0 Å². The van der Waals surface area contributed by atoms with E-state index < -0.39 is 17.0 Å². The normalized spacial score (nSPS) is 12.6. The number of nitrogens with one attached hydrogen (secondary N) is 1. The number of aromatic nitrogens is 2. The van der Waals surface area contributed by atoms with Crippen LogP contribution >= 0.6 is 0 Å². The summed E-state index contributed by atoms with van der Waals surface area (Å²) in [4.78, 5) is 11.7. The number of carbonyl (C=O) groups excluding carboxylic acids is 1. The van der Waals surface area contributed by atoms with Crippen molar-refractivity contribution in [2.75, 3.05) is 5.73 Å². The molecule has 90 valence electrons. The van der Waals surface area contributed by atoms with Crippen LogP contribution in [0.25, 0.3) is 0 Å². The summed E-state index contributed by atoms with van der Waals surface area (Å²) in [5.41, 5.74) is 3.37. The highest BCUT2D eigenvalue weighted by molar-refractivity contribution is 5.96. The highest BCUT2D eigenvalue weighted by Crippen LogP contribution is 2.21. The molecule has 0 saturated carbocycles. The number of hydrogen-bond donors (Lipinski definition) is 3. The Morgan fingerprint density at radius 1 is 1.38 bits per heavy atom. The van der Waals surface area contributed by atoms with Gasteiger partial charge in [-0.1, -0.05) is 0 Å². The highest BCUT2D eigenvalue weighted by atomic mass is 16.6. The van der Waals surface area contributed by atoms with Crippen molar-refractivity contribution in [1.29, 1.82) is 0 Å². The summed E-state index contributed by atoms with van der Waals surface area (Å²) in [6.45, 7) is 6.57. The molecule has 1 heterocycles. The zero-order valence-electron chi connectivity index (χ0n) is 9.74. The first-order valence-electron chi connectivity index (χ1n) is 4.78. The second-order valence-corrected chi connectivity index (χ2v) is 4.64. The van der Waals surface area contributed by atoms with Gasteiger partial charge in [-0.15, -0.1) is 0 Å². The van der Waals surface area contributed by atoms with Crippen LogP contribution in [0.3, 0.4) is 0 Å². The molecule has 0 atom stereocenters. The molecule has 0 fully saturated rings. The minimum Gasteiger partial charge on any atom is -0.388 e. The molecule has 4 N–H and O–H groups in total. The average Bonchev–Trinajstić information content (AvgIpc) is 2.48. The van der Waals surface area contributed by atoms with Crippen LogP contribution in [-0.4, -0.2) is 32.5 Å². The molecule has 0 spiro atoms. The van der Waals surface area contributed by atoms with Crippen molar-refractivity contribution < 1.29 is 14.5 Å². The van der Waals surface area contributed by atoms with E-state index in [4.69, 9.17) is 5.73 Å². The Kier molecular flexibility index (Phi) is 2.91. The fourth-order valence-corrected chi connectivity index (χ4v) is 0.849. The molecule has 0 bridgehead atoms. The van der Waals surface area contributed by atoms with Gasteiger partial charge in [0.15, 0.2) is 0 Å². The van der Waals surface area contributed by atoms with E-state index in [-0.39, 0.29) is 11.5 Å². The van der Waals surface area contributed by atoms with Gasteiger partial charge in [0.2, 0.25) is 11.5 Å². The van der Waals surface area contributed by atoms with Gasteiger partial charge in [-0.25, -0.2) is 4.63 Å². The topological polar surface area (TPSA) is 114 Å². The minimum absolute atomic E-state index is 0.0796. The van der Waals surface area contributed by atoms with Gasteiger partial charge in [0.05, 0.1) is 11.1 Å². The lowest BCUT2D eigenvalue weighted by Gasteiger charge is -2.37. The summed E-state index contributed by atoms with van der Waals surface area (Å²) in [5, 5.41) is 19.1. The number of nitrogens with zero attached hydrogens (tertiary/aromatic N) is 2. The summed E-state index contributed by atoms with van der Waals surface area (Å²) in [5.74, 6) is -0.616. The predicted octanol–water partition coefficient (Wildman–Crippen LogP) is -0.0689. The van der Waals surface area contributed by atoms with Crippen molar-refractivity contribution in [2.24, 2.45) is 0 Å². The van der Waals surface area contributed by atoms with Gasteiger partial charge < -0.3 is 16.2 Å². The standard InChI is InChI=1S/C9H16N4O3/c1-8(2,9(3,4)15)11-7(14)5-6(10)13-16-12-5/h15H,1-4H3,(H2,10,13)(H,11,14). The van der Waals surface area contributed by atoms with Crippen LogP contribution in [0.15, 0.2) is 4.63 Å². The van der Waals surface area contributed by atoms with E-state index in [1.54, 1.807) is 27.7 Å². The lowest BCUT2D eigenvalue weighted by molar-refractivity contribution is -0.00308. The van der Waals surface area contributed by atoms with Crippen LogP contribution in [0.1, 0.15) is 38.2 Å². The first-order chi connectivity index (χ1) is 7.15. The zero-order chi connectivity index (χ0) is 12.6. The average molecular weight is 228 g/mol. The number of nitrogens with two attached hydrogens (primary N) is 1. The maximum absolute atomic E-state index is 11.7. The maximum atomic E-state index is 11.7. The molecule has 16 heavy (non-hydrogen) atoms. The van der Waals surface area contributed by atoms with Crippen molar-refractivity contribution in [3.8, 4) is 0 Å². The van der Waals surface area contributed by atoms with Gasteiger partial charge in [0.25, 0.3) is 5.91 Å². The van der Waals surface area contributed by atoms with Crippen molar-refractivity contribution in [3.05, 3.63) is 5.69 Å². The molecule has 0 saturated heterocycles. The number of nitrogen functional groups attached to an aromatic ring is 1. The van der Waals surface area contributed by atoms with E-state index in [2.05, 4.69) is 20.3 Å². The van der Waals surface area contributed by atoms with Gasteiger partial charge in [-0.3, -0.25) is 4.79 Å². The maximum Gasteiger partial charge on any atom is 0.277 e. The summed E-state index contributed by atoms with van der Waals surface area (Å²) < 4.78 is 4.32. The number of carbonyl (C=O) groups is 1. The molecule has 1 amide bonds. The van der Waals surface area contributed by atoms with Crippen LogP contribution < -0.4 is 11.1 Å². The van der Waals surface area contributed by atoms with Gasteiger partial charge in [-0.2, -0.15) is 0 Å². The SMILES string of the molecule is CC(C)(O)C(C)(C)NC(=O)c1nonc1N. The Morgan fingerprint density at radius 2 is 1.94 bits per heavy atom. The molecule has 7 heteroatoms. The molecule has 0 radical (unpaired) electrons. The largest absolute Gasteiger partial charge is 0.388 e. The van der Waals surface area contributed by atoms with Gasteiger partial charge in [0.1, 0.15) is 0 Å². The third-order valence-corrected chi connectivity index (χ3v) is 2.68. The monoisotopic (exact) mass is 228 g/mol. The Balaban J connectivity index is 2.84. The molecule has 0 unspecified atom stereocenters. The van der Waals surface area contributed by atoms with Crippen molar-refractivity contribution in [3.63, 3.8) is 0 Å². The molecule has 0 aliphatic rings. The second kappa shape index (κ2) is 3.75. The summed E-state index contributed by atoms with van der Waals surface area (Å²) >= 11 is 0. The summed E-state index contributed by atoms with van der Waals surface area (Å²) in [7, 11) is 0. The highest BCUT2D eigenvalue weighted by Gasteiger charge is 2.37. The fourth-order valence-electron chi connectivity index (χ4n) is 0.849. The number of rotatable bonds is 3. The first kappa shape index (κ1) is 12.4. The van der Waals surface area contributed by atoms with Crippen LogP contribution in [-0.2, 0) is 0 Å². The Hall–Kier alpha value is -1.63. The third kappa shape index (κ3) is 2.30. The number of hydrogen-bond acceptors (Lipinski definition) is 6.